The standard InChI is InChI=1S/C26H20NO.C17H22GeN.Ir/c1-17-13-14-27(3)23(15-17)25-18(2)9-11-22-21-12-10-20(16-24(21)28-26(22)25)19-7-5-4-6-8-19;1-13-9-7-8-10-15(13)17-11-14(2)16(12-19(17)6)18(3,4)5;/h4-16H,2-3H2,1H3;7-12H,1,6H2,2-5H3;/q2*-1;. The zero-order valence-electron chi connectivity index (χ0n) is 28.4. The summed E-state index contributed by atoms with van der Waals surface area (Å²) in [6, 6.07) is 35.6. The van der Waals surface area contributed by atoms with Crippen LogP contribution >= 0.6 is 0 Å². The van der Waals surface area contributed by atoms with Gasteiger partial charge < -0.3 is 8.98 Å². The predicted octanol–water partition coefficient (Wildman–Crippen LogP) is 9.65. The largest absolute Gasteiger partial charge is 0 e. The Kier molecular flexibility index (Phi) is 10.2. The summed E-state index contributed by atoms with van der Waals surface area (Å²) in [6.45, 7) is 12.7. The molecule has 5 heteroatoms. The molecule has 0 atom stereocenters. The van der Waals surface area contributed by atoms with Gasteiger partial charge in [-0.3, -0.25) is 0 Å². The van der Waals surface area contributed by atoms with Gasteiger partial charge in [-0.1, -0.05) is 59.7 Å². The van der Waals surface area contributed by atoms with E-state index in [1.807, 2.05) is 39.6 Å². The average Bonchev–Trinajstić information content (AvgIpc) is 3.41. The van der Waals surface area contributed by atoms with E-state index in [9.17, 15) is 0 Å². The second-order valence-electron chi connectivity index (χ2n) is 13.3. The molecular formula is C43H42GeIrN2O-2. The van der Waals surface area contributed by atoms with Crippen LogP contribution in [0.3, 0.4) is 0 Å². The molecule has 0 aliphatic rings. The van der Waals surface area contributed by atoms with Gasteiger partial charge in [0, 0.05) is 37.9 Å². The summed E-state index contributed by atoms with van der Waals surface area (Å²) in [6.07, 6.45) is 4.19. The fourth-order valence-electron chi connectivity index (χ4n) is 6.30. The van der Waals surface area contributed by atoms with E-state index < -0.39 is 13.3 Å². The van der Waals surface area contributed by atoms with Gasteiger partial charge in [0.1, 0.15) is 5.58 Å². The molecule has 4 aromatic carbocycles. The third-order valence-corrected chi connectivity index (χ3v) is 13.2. The number of aromatic nitrogens is 2. The maximum absolute atomic E-state index is 6.39. The van der Waals surface area contributed by atoms with Gasteiger partial charge in [0.25, 0.3) is 0 Å². The van der Waals surface area contributed by atoms with Gasteiger partial charge in [-0.15, -0.1) is 6.07 Å². The molecule has 0 fully saturated rings. The van der Waals surface area contributed by atoms with Gasteiger partial charge >= 0.3 is 119 Å². The topological polar surface area (TPSA) is 20.9 Å². The van der Waals surface area contributed by atoms with E-state index in [1.165, 1.54) is 21.1 Å². The number of benzene rings is 4. The van der Waals surface area contributed by atoms with Crippen LogP contribution in [-0.4, -0.2) is 13.3 Å². The molecule has 3 nitrogen and oxygen atoms in total. The van der Waals surface area contributed by atoms with Crippen molar-refractivity contribution >= 4 is 39.6 Å². The SMILES string of the molecule is [CH2-]c1ccc2c(oc3cc(-c4ccccc4)ccc32)c1-c1cc(C)cc[n+]1[CH2-].[CH2-]c1ccccc1-c1cc(C)[c]([Ge]([CH3])([CH3])[CH3])c[n+]1[CH2-].[Ir]. The maximum Gasteiger partial charge on any atom is 0 e. The van der Waals surface area contributed by atoms with Crippen molar-refractivity contribution in [2.45, 2.75) is 31.1 Å². The van der Waals surface area contributed by atoms with E-state index >= 15 is 0 Å². The molecule has 0 bridgehead atoms. The summed E-state index contributed by atoms with van der Waals surface area (Å²) in [4.78, 5) is 0. The average molecular weight is 868 g/mol. The van der Waals surface area contributed by atoms with E-state index in [2.05, 4.69) is 144 Å². The van der Waals surface area contributed by atoms with E-state index in [0.717, 1.165) is 61.1 Å². The smallest absolute Gasteiger partial charge is 0 e. The first-order chi connectivity index (χ1) is 22.4. The Balaban J connectivity index is 0.000000198. The van der Waals surface area contributed by atoms with Crippen molar-refractivity contribution in [3.8, 4) is 33.6 Å². The quantitative estimate of drug-likeness (QED) is 0.0982. The molecule has 0 aliphatic carbocycles. The van der Waals surface area contributed by atoms with E-state index in [0.29, 0.717) is 0 Å². The molecule has 48 heavy (non-hydrogen) atoms. The molecule has 0 aliphatic heterocycles. The second-order valence-corrected chi connectivity index (χ2v) is 23.9. The van der Waals surface area contributed by atoms with Crippen LogP contribution in [0.15, 0.2) is 120 Å². The molecule has 0 saturated heterocycles. The number of rotatable bonds is 4. The number of aryl methyl sites for hydroxylation is 2. The first kappa shape index (κ1) is 35.0. The minimum atomic E-state index is -1.83. The Hall–Kier alpha value is -4.35. The van der Waals surface area contributed by atoms with Crippen LogP contribution in [0.25, 0.3) is 55.6 Å². The van der Waals surface area contributed by atoms with Crippen LogP contribution < -0.4 is 13.5 Å². The monoisotopic (exact) mass is 869 g/mol. The Labute approximate surface area is 302 Å². The van der Waals surface area contributed by atoms with Gasteiger partial charge in [-0.25, -0.2) is 0 Å². The van der Waals surface area contributed by atoms with Gasteiger partial charge in [0.15, 0.2) is 0 Å². The van der Waals surface area contributed by atoms with Crippen LogP contribution in [0, 0.1) is 41.8 Å². The first-order valence-electron chi connectivity index (χ1n) is 15.9. The minimum absolute atomic E-state index is 0. The Morgan fingerprint density at radius 3 is 2.04 bits per heavy atom. The zero-order chi connectivity index (χ0) is 33.5. The Morgan fingerprint density at radius 1 is 0.646 bits per heavy atom. The fourth-order valence-corrected chi connectivity index (χ4v) is 10.1. The molecule has 7 rings (SSSR count). The molecular weight excluding hydrogens is 825 g/mol. The first-order valence-corrected chi connectivity index (χ1v) is 23.3. The number of hydrogen-bond acceptors (Lipinski definition) is 1. The molecule has 245 valence electrons. The third-order valence-electron chi connectivity index (χ3n) is 8.76. The van der Waals surface area contributed by atoms with Crippen molar-refractivity contribution in [2.75, 3.05) is 0 Å². The fraction of sp³-hybridized carbons (Fsp3) is 0.116. The van der Waals surface area contributed by atoms with Crippen molar-refractivity contribution in [1.82, 2.24) is 0 Å². The van der Waals surface area contributed by atoms with Gasteiger partial charge in [0.2, 0.25) is 0 Å². The van der Waals surface area contributed by atoms with Gasteiger partial charge in [0.05, 0.1) is 17.5 Å². The van der Waals surface area contributed by atoms with Crippen molar-refractivity contribution in [3.63, 3.8) is 0 Å². The van der Waals surface area contributed by atoms with E-state index in [4.69, 9.17) is 4.42 Å². The molecule has 3 heterocycles. The molecule has 0 amide bonds. The normalized spacial score (nSPS) is 11.2. The Morgan fingerprint density at radius 2 is 1.33 bits per heavy atom. The predicted molar refractivity (Wildman–Crippen MR) is 200 cm³/mol. The summed E-state index contributed by atoms with van der Waals surface area (Å²) in [5.74, 6) is 7.24. The van der Waals surface area contributed by atoms with Crippen molar-refractivity contribution in [2.24, 2.45) is 0 Å². The molecule has 0 saturated carbocycles. The maximum atomic E-state index is 6.39. The number of pyridine rings is 2. The van der Waals surface area contributed by atoms with Crippen molar-refractivity contribution < 1.29 is 33.7 Å². The van der Waals surface area contributed by atoms with Crippen LogP contribution in [0.1, 0.15) is 22.3 Å². The number of nitrogens with zero attached hydrogens (tertiary/aromatic N) is 2. The summed E-state index contributed by atoms with van der Waals surface area (Å²) in [5, 5.41) is 2.21. The molecule has 3 aromatic heterocycles. The number of fused-ring (bicyclic) bond motifs is 3. The molecule has 1 radical (unpaired) electrons. The van der Waals surface area contributed by atoms with Gasteiger partial charge in [-0.2, -0.15) is 18.6 Å². The molecule has 0 spiro atoms. The number of hydrogen-bond donors (Lipinski definition) is 0. The summed E-state index contributed by atoms with van der Waals surface area (Å²) in [7, 11) is 8.31. The molecule has 0 N–H and O–H groups in total. The van der Waals surface area contributed by atoms with Crippen LogP contribution in [0.4, 0.5) is 0 Å². The third kappa shape index (κ3) is 6.93. The van der Waals surface area contributed by atoms with Crippen molar-refractivity contribution in [1.29, 1.82) is 0 Å². The summed E-state index contributed by atoms with van der Waals surface area (Å²) >= 11 is -1.83. The van der Waals surface area contributed by atoms with Gasteiger partial charge in [-0.05, 0) is 30.2 Å². The molecule has 7 aromatic rings. The van der Waals surface area contributed by atoms with Crippen LogP contribution in [0.2, 0.25) is 17.3 Å². The van der Waals surface area contributed by atoms with E-state index in [-0.39, 0.29) is 20.1 Å². The number of furan rings is 1. The minimum Gasteiger partial charge on any atom is 0 e. The van der Waals surface area contributed by atoms with Crippen molar-refractivity contribution in [3.05, 3.63) is 166 Å². The van der Waals surface area contributed by atoms with Crippen LogP contribution in [0.5, 0.6) is 0 Å². The zero-order valence-corrected chi connectivity index (χ0v) is 32.9. The Bertz CT molecular complexity index is 2250. The molecule has 0 unspecified atom stereocenters. The second kappa shape index (κ2) is 14.0. The van der Waals surface area contributed by atoms with Crippen LogP contribution in [-0.2, 0) is 20.1 Å². The van der Waals surface area contributed by atoms with E-state index in [1.54, 1.807) is 0 Å². The summed E-state index contributed by atoms with van der Waals surface area (Å²) < 4.78 is 11.8. The summed E-state index contributed by atoms with van der Waals surface area (Å²) in [5.41, 5.74) is 12.9.